The van der Waals surface area contributed by atoms with Crippen LogP contribution in [0.25, 0.3) is 33.9 Å². The van der Waals surface area contributed by atoms with Gasteiger partial charge in [-0.3, -0.25) is 0 Å². The Morgan fingerprint density at radius 3 is 1.34 bits per heavy atom. The van der Waals surface area contributed by atoms with Crippen molar-refractivity contribution in [2.45, 2.75) is 40.5 Å². The Hall–Kier alpha value is -4.90. The number of imidazole rings is 2. The molecule has 202 valence electrons. The predicted octanol–water partition coefficient (Wildman–Crippen LogP) is 8.52. The Bertz CT molecular complexity index is 1750. The lowest BCUT2D eigenvalue weighted by Gasteiger charge is -2.15. The van der Waals surface area contributed by atoms with Gasteiger partial charge in [-0.15, -0.1) is 0 Å². The van der Waals surface area contributed by atoms with Crippen molar-refractivity contribution < 1.29 is 4.74 Å². The molecule has 1 aliphatic heterocycles. The van der Waals surface area contributed by atoms with E-state index in [1.807, 2.05) is 24.3 Å². The third-order valence-corrected chi connectivity index (χ3v) is 7.99. The average molecular weight is 537 g/mol. The molecule has 2 aromatic heterocycles. The summed E-state index contributed by atoms with van der Waals surface area (Å²) in [6.07, 6.45) is 5.82. The van der Waals surface area contributed by atoms with E-state index < -0.39 is 0 Å². The minimum absolute atomic E-state index is 0.741. The molecule has 8 bridgehead atoms. The van der Waals surface area contributed by atoms with Crippen LogP contribution in [-0.4, -0.2) is 19.1 Å². The maximum Gasteiger partial charge on any atom is 0.128 e. The number of hydrogen-bond acceptors (Lipinski definition) is 3. The molecule has 0 spiro atoms. The Morgan fingerprint density at radius 1 is 0.537 bits per heavy atom. The van der Waals surface area contributed by atoms with Crippen LogP contribution in [0.4, 0.5) is 0 Å². The van der Waals surface area contributed by atoms with Crippen molar-refractivity contribution in [3.63, 3.8) is 0 Å². The van der Waals surface area contributed by atoms with Gasteiger partial charge >= 0.3 is 0 Å². The van der Waals surface area contributed by atoms with Gasteiger partial charge < -0.3 is 13.9 Å². The third kappa shape index (κ3) is 4.53. The zero-order valence-electron chi connectivity index (χ0n) is 23.8. The highest BCUT2D eigenvalue weighted by atomic mass is 16.5. The fourth-order valence-electron chi connectivity index (χ4n) is 6.02. The van der Waals surface area contributed by atoms with Crippen LogP contribution >= 0.6 is 0 Å². The first kappa shape index (κ1) is 25.1. The SMILES string of the molecule is Cc1cccc(C)c1-n1cc2nc1CCc1nc(cn1-c1c(C)cccc1C)-c1cccc(c1)Oc1cccc-2c1. The highest BCUT2D eigenvalue weighted by molar-refractivity contribution is 5.65. The van der Waals surface area contributed by atoms with Gasteiger partial charge in [-0.25, -0.2) is 9.97 Å². The predicted molar refractivity (Wildman–Crippen MR) is 164 cm³/mol. The number of fused-ring (bicyclic) bond motifs is 10. The van der Waals surface area contributed by atoms with Crippen LogP contribution < -0.4 is 4.74 Å². The van der Waals surface area contributed by atoms with Crippen molar-refractivity contribution in [2.75, 3.05) is 0 Å². The Kier molecular flexibility index (Phi) is 6.08. The van der Waals surface area contributed by atoms with Gasteiger partial charge in [-0.1, -0.05) is 60.7 Å². The van der Waals surface area contributed by atoms with Gasteiger partial charge in [0.05, 0.1) is 22.8 Å². The molecule has 0 saturated carbocycles. The van der Waals surface area contributed by atoms with Crippen molar-refractivity contribution in [1.82, 2.24) is 19.1 Å². The smallest absolute Gasteiger partial charge is 0.128 e. The van der Waals surface area contributed by atoms with Crippen molar-refractivity contribution in [3.8, 4) is 45.4 Å². The van der Waals surface area contributed by atoms with E-state index in [4.69, 9.17) is 14.7 Å². The normalized spacial score (nSPS) is 12.4. The minimum atomic E-state index is 0.741. The lowest BCUT2D eigenvalue weighted by Crippen LogP contribution is -2.09. The number of benzene rings is 4. The van der Waals surface area contributed by atoms with Gasteiger partial charge in [0.2, 0.25) is 0 Å². The monoisotopic (exact) mass is 536 g/mol. The van der Waals surface area contributed by atoms with Crippen LogP contribution in [-0.2, 0) is 12.8 Å². The standard InChI is InChI=1S/C36H32N4O/c1-23-9-5-10-24(2)35(23)39-21-31-27-13-7-15-29(19-27)41-30-16-8-14-28(20-30)32-22-40(34(38-32)18-17-33(39)37-31)36-25(3)11-6-12-26(36)4/h5-16,19-22H,17-18H2,1-4H3. The van der Waals surface area contributed by atoms with E-state index >= 15 is 0 Å². The van der Waals surface area contributed by atoms with Crippen LogP contribution in [0.2, 0.25) is 0 Å². The highest BCUT2D eigenvalue weighted by Crippen LogP contribution is 2.33. The van der Waals surface area contributed by atoms with Crippen molar-refractivity contribution in [1.29, 1.82) is 0 Å². The summed E-state index contributed by atoms with van der Waals surface area (Å²) in [5.41, 5.74) is 11.2. The molecule has 3 heterocycles. The molecule has 5 nitrogen and oxygen atoms in total. The number of para-hydroxylation sites is 2. The highest BCUT2D eigenvalue weighted by Gasteiger charge is 2.19. The van der Waals surface area contributed by atoms with Crippen LogP contribution in [0, 0.1) is 27.7 Å². The molecule has 0 atom stereocenters. The first-order valence-corrected chi connectivity index (χ1v) is 14.1. The zero-order valence-corrected chi connectivity index (χ0v) is 23.8. The van der Waals surface area contributed by atoms with Gasteiger partial charge in [-0.05, 0) is 74.2 Å². The fourth-order valence-corrected chi connectivity index (χ4v) is 6.02. The molecule has 5 heteroatoms. The molecule has 0 amide bonds. The summed E-state index contributed by atoms with van der Waals surface area (Å²) in [4.78, 5) is 10.4. The van der Waals surface area contributed by atoms with Crippen LogP contribution in [0.15, 0.2) is 97.3 Å². The lowest BCUT2D eigenvalue weighted by molar-refractivity contribution is 0.483. The van der Waals surface area contributed by atoms with Crippen LogP contribution in [0.1, 0.15) is 33.9 Å². The van der Waals surface area contributed by atoms with E-state index in [9.17, 15) is 0 Å². The topological polar surface area (TPSA) is 44.9 Å². The van der Waals surface area contributed by atoms with Gasteiger partial charge in [0.25, 0.3) is 0 Å². The number of ether oxygens (including phenoxy) is 1. The summed E-state index contributed by atoms with van der Waals surface area (Å²) in [7, 11) is 0. The summed E-state index contributed by atoms with van der Waals surface area (Å²) in [6, 6.07) is 29.3. The molecule has 1 aliphatic rings. The molecular weight excluding hydrogens is 504 g/mol. The van der Waals surface area contributed by atoms with E-state index in [1.54, 1.807) is 0 Å². The molecule has 0 N–H and O–H groups in total. The second kappa shape index (κ2) is 9.93. The molecule has 41 heavy (non-hydrogen) atoms. The first-order valence-electron chi connectivity index (χ1n) is 14.1. The zero-order chi connectivity index (χ0) is 28.1. The summed E-state index contributed by atoms with van der Waals surface area (Å²) < 4.78 is 10.9. The lowest BCUT2D eigenvalue weighted by atomic mass is 10.1. The molecule has 0 radical (unpaired) electrons. The molecule has 0 aliphatic carbocycles. The van der Waals surface area contributed by atoms with Crippen LogP contribution in [0.5, 0.6) is 11.5 Å². The van der Waals surface area contributed by atoms with Gasteiger partial charge in [-0.2, -0.15) is 0 Å². The second-order valence-corrected chi connectivity index (χ2v) is 11.0. The molecule has 0 saturated heterocycles. The third-order valence-electron chi connectivity index (χ3n) is 7.99. The summed E-state index contributed by atoms with van der Waals surface area (Å²) in [6.45, 7) is 8.67. The van der Waals surface area contributed by atoms with Gasteiger partial charge in [0.15, 0.2) is 0 Å². The van der Waals surface area contributed by atoms with Crippen molar-refractivity contribution in [2.24, 2.45) is 0 Å². The number of aryl methyl sites for hydroxylation is 6. The summed E-state index contributed by atoms with van der Waals surface area (Å²) >= 11 is 0. The summed E-state index contributed by atoms with van der Waals surface area (Å²) in [5.74, 6) is 3.58. The largest absolute Gasteiger partial charge is 0.457 e. The molecule has 6 aromatic rings. The van der Waals surface area contributed by atoms with Crippen LogP contribution in [0.3, 0.4) is 0 Å². The summed E-state index contributed by atoms with van der Waals surface area (Å²) in [5, 5.41) is 0. The van der Waals surface area contributed by atoms with E-state index in [-0.39, 0.29) is 0 Å². The molecule has 0 fully saturated rings. The van der Waals surface area contributed by atoms with E-state index in [0.29, 0.717) is 0 Å². The molecule has 4 aromatic carbocycles. The maximum atomic E-state index is 6.37. The first-order chi connectivity index (χ1) is 19.9. The fraction of sp³-hybridized carbons (Fsp3) is 0.167. The molecule has 0 unspecified atom stereocenters. The van der Waals surface area contributed by atoms with Gasteiger partial charge in [0.1, 0.15) is 23.1 Å². The van der Waals surface area contributed by atoms with E-state index in [2.05, 4.69) is 110 Å². The second-order valence-electron chi connectivity index (χ2n) is 11.0. The van der Waals surface area contributed by atoms with Gasteiger partial charge in [0, 0.05) is 36.4 Å². The van der Waals surface area contributed by atoms with E-state index in [1.165, 1.54) is 33.6 Å². The minimum Gasteiger partial charge on any atom is -0.457 e. The maximum absolute atomic E-state index is 6.37. The van der Waals surface area contributed by atoms with E-state index in [0.717, 1.165) is 58.5 Å². The number of hydrogen-bond donors (Lipinski definition) is 0. The number of rotatable bonds is 2. The Labute approximate surface area is 240 Å². The molecule has 7 rings (SSSR count). The number of nitrogens with zero attached hydrogens (tertiary/aromatic N) is 4. The number of aromatic nitrogens is 4. The average Bonchev–Trinajstić information content (AvgIpc) is 3.56. The van der Waals surface area contributed by atoms with Crippen molar-refractivity contribution >= 4 is 0 Å². The Morgan fingerprint density at radius 2 is 0.927 bits per heavy atom. The quantitative estimate of drug-likeness (QED) is 0.223. The van der Waals surface area contributed by atoms with Crippen molar-refractivity contribution in [3.05, 3.63) is 131 Å². The molecular formula is C36H32N4O. The Balaban J connectivity index is 1.45.